The molecule has 4 atom stereocenters. The second-order valence-electron chi connectivity index (χ2n) is 13.4. The third-order valence-corrected chi connectivity index (χ3v) is 11.3. The minimum atomic E-state index is -4.88. The van der Waals surface area contributed by atoms with E-state index in [0.717, 1.165) is 42.9 Å². The number of anilines is 2. The summed E-state index contributed by atoms with van der Waals surface area (Å²) >= 11 is 0.791. The maximum Gasteiger partial charge on any atom is 0.417 e. The SMILES string of the molecule is C=CC(=O)N1C[C@H](C)N(c2nc(OC[C@@]34CCCN3C[C@H](F)C4)nc3cc(-c4ccc(F)c5sc(N)c(C#N)c45)c(C(F)(F)F)cc23)C[C@H]1C. The van der Waals surface area contributed by atoms with Crippen molar-refractivity contribution in [1.29, 1.82) is 5.26 Å². The third kappa shape index (κ3) is 5.58. The molecule has 0 spiro atoms. The van der Waals surface area contributed by atoms with Gasteiger partial charge in [-0.25, -0.2) is 8.78 Å². The van der Waals surface area contributed by atoms with Crippen molar-refractivity contribution in [3.63, 3.8) is 0 Å². The number of halogens is 5. The van der Waals surface area contributed by atoms with E-state index >= 15 is 13.2 Å². The number of hydrogen-bond donors (Lipinski definition) is 1. The van der Waals surface area contributed by atoms with Crippen molar-refractivity contribution in [2.75, 3.05) is 43.4 Å². The van der Waals surface area contributed by atoms with Crippen LogP contribution < -0.4 is 15.4 Å². The summed E-state index contributed by atoms with van der Waals surface area (Å²) in [5, 5.41) is 9.92. The number of nitrogens with two attached hydrogens (primary N) is 1. The molecule has 0 radical (unpaired) electrons. The van der Waals surface area contributed by atoms with Gasteiger partial charge in [-0.3, -0.25) is 9.69 Å². The Hall–Kier alpha value is -4.55. The van der Waals surface area contributed by atoms with Gasteiger partial charge in [-0.2, -0.15) is 28.4 Å². The molecule has 7 rings (SSSR count). The smallest absolute Gasteiger partial charge is 0.417 e. The first-order valence-corrected chi connectivity index (χ1v) is 17.1. The van der Waals surface area contributed by atoms with Crippen molar-refractivity contribution in [3.8, 4) is 23.2 Å². The predicted octanol–water partition coefficient (Wildman–Crippen LogP) is 6.69. The van der Waals surface area contributed by atoms with Crippen LogP contribution in [0.15, 0.2) is 36.9 Å². The van der Waals surface area contributed by atoms with E-state index in [-0.39, 0.29) is 92.2 Å². The number of ether oxygens (including phenoxy) is 1. The number of fused-ring (bicyclic) bond motifs is 3. The van der Waals surface area contributed by atoms with Gasteiger partial charge in [-0.15, -0.1) is 11.3 Å². The summed E-state index contributed by atoms with van der Waals surface area (Å²) in [4.78, 5) is 27.4. The van der Waals surface area contributed by atoms with Crippen molar-refractivity contribution < 1.29 is 31.5 Å². The van der Waals surface area contributed by atoms with Crippen molar-refractivity contribution in [2.24, 2.45) is 0 Å². The van der Waals surface area contributed by atoms with Crippen LogP contribution in [0.2, 0.25) is 0 Å². The molecule has 2 N–H and O–H groups in total. The normalized spacial score (nSPS) is 24.2. The Labute approximate surface area is 288 Å². The maximum absolute atomic E-state index is 15.0. The van der Waals surface area contributed by atoms with Gasteiger partial charge in [0, 0.05) is 48.9 Å². The third-order valence-electron chi connectivity index (χ3n) is 10.3. The molecular weight excluding hydrogens is 677 g/mol. The Kier molecular flexibility index (Phi) is 8.38. The van der Waals surface area contributed by atoms with Gasteiger partial charge < -0.3 is 20.3 Å². The van der Waals surface area contributed by atoms with Crippen LogP contribution >= 0.6 is 11.3 Å². The molecule has 1 amide bonds. The monoisotopic (exact) mass is 711 g/mol. The van der Waals surface area contributed by atoms with Crippen molar-refractivity contribution in [3.05, 3.63) is 53.9 Å². The number of benzene rings is 2. The summed E-state index contributed by atoms with van der Waals surface area (Å²) in [6.45, 7) is 8.92. The van der Waals surface area contributed by atoms with E-state index in [1.165, 1.54) is 18.2 Å². The van der Waals surface area contributed by atoms with Crippen LogP contribution in [0.1, 0.15) is 44.2 Å². The molecule has 15 heteroatoms. The molecule has 3 aliphatic rings. The number of nitrogen functional groups attached to an aromatic ring is 1. The zero-order valence-electron chi connectivity index (χ0n) is 27.4. The molecule has 262 valence electrons. The molecule has 3 fully saturated rings. The topological polar surface area (TPSA) is 112 Å². The summed E-state index contributed by atoms with van der Waals surface area (Å²) < 4.78 is 80.7. The number of rotatable bonds is 6. The Morgan fingerprint density at radius 3 is 2.70 bits per heavy atom. The maximum atomic E-state index is 15.0. The second kappa shape index (κ2) is 12.3. The second-order valence-corrected chi connectivity index (χ2v) is 14.5. The lowest BCUT2D eigenvalue weighted by Gasteiger charge is -2.44. The first-order chi connectivity index (χ1) is 23.7. The fourth-order valence-corrected chi connectivity index (χ4v) is 8.85. The van der Waals surface area contributed by atoms with Gasteiger partial charge in [0.25, 0.3) is 0 Å². The molecule has 0 unspecified atom stereocenters. The van der Waals surface area contributed by atoms with Gasteiger partial charge in [-0.1, -0.05) is 12.6 Å². The Morgan fingerprint density at radius 1 is 1.20 bits per heavy atom. The highest BCUT2D eigenvalue weighted by atomic mass is 32.1. The summed E-state index contributed by atoms with van der Waals surface area (Å²) in [5.74, 6) is -0.787. The molecule has 3 saturated heterocycles. The number of alkyl halides is 4. The lowest BCUT2D eigenvalue weighted by Crippen LogP contribution is -2.58. The average Bonchev–Trinajstić information content (AvgIpc) is 3.72. The summed E-state index contributed by atoms with van der Waals surface area (Å²) in [7, 11) is 0. The van der Waals surface area contributed by atoms with Crippen LogP contribution in [0.4, 0.5) is 32.8 Å². The minimum Gasteiger partial charge on any atom is -0.461 e. The largest absolute Gasteiger partial charge is 0.461 e. The van der Waals surface area contributed by atoms with E-state index in [9.17, 15) is 18.8 Å². The van der Waals surface area contributed by atoms with E-state index in [1.54, 1.807) is 4.90 Å². The Morgan fingerprint density at radius 2 is 1.98 bits per heavy atom. The molecule has 50 heavy (non-hydrogen) atoms. The van der Waals surface area contributed by atoms with Gasteiger partial charge in [0.1, 0.15) is 35.5 Å². The Bertz CT molecular complexity index is 2080. The summed E-state index contributed by atoms with van der Waals surface area (Å²) in [6.07, 6.45) is -2.74. The predicted molar refractivity (Wildman–Crippen MR) is 181 cm³/mol. The highest BCUT2D eigenvalue weighted by molar-refractivity contribution is 7.23. The van der Waals surface area contributed by atoms with Gasteiger partial charge in [0.05, 0.1) is 26.9 Å². The van der Waals surface area contributed by atoms with E-state index < -0.39 is 29.3 Å². The molecule has 3 aliphatic heterocycles. The highest BCUT2D eigenvalue weighted by Crippen LogP contribution is 2.47. The van der Waals surface area contributed by atoms with Crippen molar-refractivity contribution in [2.45, 2.75) is 63.1 Å². The number of carbonyl (C=O) groups is 1. The summed E-state index contributed by atoms with van der Waals surface area (Å²) in [5.41, 5.74) is 4.10. The fourth-order valence-electron chi connectivity index (χ4n) is 7.90. The lowest BCUT2D eigenvalue weighted by molar-refractivity contribution is -0.137. The minimum absolute atomic E-state index is 0.0107. The van der Waals surface area contributed by atoms with Crippen LogP contribution in [0, 0.1) is 17.1 Å². The van der Waals surface area contributed by atoms with Crippen LogP contribution in [-0.4, -0.2) is 82.3 Å². The number of piperazine rings is 1. The summed E-state index contributed by atoms with van der Waals surface area (Å²) in [6, 6.07) is 5.63. The number of hydrogen-bond acceptors (Lipinski definition) is 9. The molecule has 0 aliphatic carbocycles. The quantitative estimate of drug-likeness (QED) is 0.174. The number of thiophene rings is 1. The molecular formula is C35H34F5N7O2S. The van der Waals surface area contributed by atoms with E-state index in [2.05, 4.69) is 16.5 Å². The Balaban J connectivity index is 1.42. The fraction of sp³-hybridized carbons (Fsp3) is 0.429. The molecule has 4 aromatic rings. The molecule has 0 bridgehead atoms. The van der Waals surface area contributed by atoms with Gasteiger partial charge in [-0.05, 0) is 68.6 Å². The van der Waals surface area contributed by atoms with Crippen LogP contribution in [-0.2, 0) is 11.0 Å². The number of carbonyl (C=O) groups excluding carboxylic acids is 1. The van der Waals surface area contributed by atoms with Gasteiger partial charge >= 0.3 is 12.2 Å². The molecule has 2 aromatic heterocycles. The number of aromatic nitrogens is 2. The first-order valence-electron chi connectivity index (χ1n) is 16.3. The molecule has 0 saturated carbocycles. The van der Waals surface area contributed by atoms with Gasteiger partial charge in [0.2, 0.25) is 5.91 Å². The average molecular weight is 712 g/mol. The van der Waals surface area contributed by atoms with Crippen LogP contribution in [0.25, 0.3) is 32.1 Å². The van der Waals surface area contributed by atoms with E-state index in [4.69, 9.17) is 15.5 Å². The molecule has 9 nitrogen and oxygen atoms in total. The van der Waals surface area contributed by atoms with Gasteiger partial charge in [0.15, 0.2) is 0 Å². The molecule has 2 aromatic carbocycles. The van der Waals surface area contributed by atoms with Crippen molar-refractivity contribution in [1.82, 2.24) is 19.8 Å². The van der Waals surface area contributed by atoms with Crippen LogP contribution in [0.3, 0.4) is 0 Å². The number of nitrogens with zero attached hydrogens (tertiary/aromatic N) is 6. The number of nitriles is 1. The first kappa shape index (κ1) is 33.9. The van der Waals surface area contributed by atoms with Crippen LogP contribution in [0.5, 0.6) is 6.01 Å². The zero-order valence-corrected chi connectivity index (χ0v) is 28.2. The number of amides is 1. The lowest BCUT2D eigenvalue weighted by atomic mass is 9.93. The standard InChI is InChI=1S/C35H34F5N7O2S/c1-4-28(48)46-14-19(3)47(15-18(46)2)32-23-10-25(35(38,39)40)22(21-6-7-26(37)30-29(21)24(13-41)31(42)50-30)11-27(23)43-33(44-32)49-17-34-8-5-9-45(34)16-20(36)12-34/h4,6-7,10-11,18-20H,1,5,8-9,12,14-17,42H2,2-3H3/t18-,19+,20-,34+/m1/s1. The molecule has 5 heterocycles. The van der Waals surface area contributed by atoms with E-state index in [1.807, 2.05) is 24.8 Å². The van der Waals surface area contributed by atoms with Crippen molar-refractivity contribution >= 4 is 49.1 Å². The highest BCUT2D eigenvalue weighted by Gasteiger charge is 2.49. The van der Waals surface area contributed by atoms with E-state index in [0.29, 0.717) is 13.0 Å². The zero-order chi connectivity index (χ0) is 35.7.